The second kappa shape index (κ2) is 16.2. The molecule has 1 saturated heterocycles. The molecule has 5 rings (SSSR count). The summed E-state index contributed by atoms with van der Waals surface area (Å²) in [5, 5.41) is 15.1. The summed E-state index contributed by atoms with van der Waals surface area (Å²) >= 11 is 0. The Labute approximate surface area is 256 Å². The highest BCUT2D eigenvalue weighted by atomic mass is 16.5. The Bertz CT molecular complexity index is 1340. The highest BCUT2D eigenvalue weighted by Gasteiger charge is 2.27. The van der Waals surface area contributed by atoms with Crippen molar-refractivity contribution < 1.29 is 14.6 Å². The van der Waals surface area contributed by atoms with Crippen molar-refractivity contribution in [2.45, 2.75) is 63.5 Å². The van der Waals surface area contributed by atoms with E-state index in [-0.39, 0.29) is 24.5 Å². The third-order valence-corrected chi connectivity index (χ3v) is 8.54. The molecule has 0 radical (unpaired) electrons. The van der Waals surface area contributed by atoms with E-state index < -0.39 is 6.10 Å². The van der Waals surface area contributed by atoms with Crippen molar-refractivity contribution in [3.05, 3.63) is 108 Å². The molecule has 0 unspecified atom stereocenters. The quantitative estimate of drug-likeness (QED) is 0.175. The lowest BCUT2D eigenvalue weighted by Crippen LogP contribution is -2.46. The molecule has 1 amide bonds. The van der Waals surface area contributed by atoms with Crippen LogP contribution in [0.2, 0.25) is 0 Å². The summed E-state index contributed by atoms with van der Waals surface area (Å²) in [6.45, 7) is 2.38. The Hall–Kier alpha value is -3.74. The molecule has 43 heavy (non-hydrogen) atoms. The Balaban J connectivity index is 1.06. The number of para-hydroxylation sites is 1. The number of piperidine rings is 1. The number of β-amino-alcohol motifs (C(OH)–C–C–N with tert-alkyl or cyclic N) is 1. The third-order valence-electron chi connectivity index (χ3n) is 8.54. The topological polar surface area (TPSA) is 74.7 Å². The maximum atomic E-state index is 13.4. The highest BCUT2D eigenvalue weighted by Crippen LogP contribution is 2.24. The first kappa shape index (κ1) is 30.7. The van der Waals surface area contributed by atoms with Crippen molar-refractivity contribution in [3.8, 4) is 5.75 Å². The lowest BCUT2D eigenvalue weighted by atomic mass is 9.94. The summed E-state index contributed by atoms with van der Waals surface area (Å²) in [6.07, 6.45) is 8.95. The minimum absolute atomic E-state index is 0.0265. The largest absolute Gasteiger partial charge is 0.490 e. The number of hydrogen-bond acceptors (Lipinski definition) is 5. The van der Waals surface area contributed by atoms with Crippen molar-refractivity contribution >= 4 is 16.8 Å². The van der Waals surface area contributed by atoms with E-state index in [1.165, 1.54) is 11.1 Å². The number of aliphatic hydroxyl groups is 1. The lowest BCUT2D eigenvalue weighted by Gasteiger charge is -2.33. The van der Waals surface area contributed by atoms with Crippen LogP contribution < -0.4 is 10.1 Å². The second-order valence-electron chi connectivity index (χ2n) is 11.8. The first-order chi connectivity index (χ1) is 21.1. The summed E-state index contributed by atoms with van der Waals surface area (Å²) in [5.41, 5.74) is 3.58. The first-order valence-corrected chi connectivity index (χ1v) is 15.9. The van der Waals surface area contributed by atoms with Crippen LogP contribution in [0, 0.1) is 5.92 Å². The van der Waals surface area contributed by atoms with Crippen LogP contribution in [0.5, 0.6) is 5.75 Å². The molecule has 1 atom stereocenters. The van der Waals surface area contributed by atoms with E-state index >= 15 is 0 Å². The zero-order valence-electron chi connectivity index (χ0n) is 25.1. The summed E-state index contributed by atoms with van der Waals surface area (Å²) in [4.78, 5) is 20.0. The summed E-state index contributed by atoms with van der Waals surface area (Å²) < 4.78 is 5.97. The predicted octanol–water partition coefficient (Wildman–Crippen LogP) is 6.22. The number of likely N-dealkylation sites (tertiary alicyclic amines) is 1. The van der Waals surface area contributed by atoms with Crippen LogP contribution in [-0.2, 0) is 17.6 Å². The van der Waals surface area contributed by atoms with E-state index in [9.17, 15) is 9.90 Å². The van der Waals surface area contributed by atoms with Gasteiger partial charge in [-0.2, -0.15) is 0 Å². The van der Waals surface area contributed by atoms with Gasteiger partial charge in [-0.3, -0.25) is 9.78 Å². The minimum Gasteiger partial charge on any atom is -0.490 e. The molecule has 4 aromatic rings. The lowest BCUT2D eigenvalue weighted by molar-refractivity contribution is -0.127. The van der Waals surface area contributed by atoms with E-state index in [1.54, 1.807) is 6.20 Å². The number of nitrogens with one attached hydrogen (secondary N) is 1. The van der Waals surface area contributed by atoms with Crippen LogP contribution in [-0.4, -0.2) is 59.3 Å². The minimum atomic E-state index is -0.601. The van der Waals surface area contributed by atoms with Crippen molar-refractivity contribution in [1.29, 1.82) is 0 Å². The van der Waals surface area contributed by atoms with E-state index in [0.29, 0.717) is 6.54 Å². The molecule has 2 N–H and O–H groups in total. The van der Waals surface area contributed by atoms with Gasteiger partial charge in [-0.05, 0) is 93.8 Å². The van der Waals surface area contributed by atoms with Gasteiger partial charge in [-0.1, -0.05) is 72.8 Å². The molecular weight excluding hydrogens is 534 g/mol. The zero-order chi connectivity index (χ0) is 29.7. The smallest absolute Gasteiger partial charge is 0.223 e. The maximum Gasteiger partial charge on any atom is 0.223 e. The number of aliphatic hydroxyl groups excluding tert-OH is 1. The number of benzene rings is 3. The average Bonchev–Trinajstić information content (AvgIpc) is 3.05. The van der Waals surface area contributed by atoms with Crippen LogP contribution in [0.1, 0.15) is 49.7 Å². The fourth-order valence-corrected chi connectivity index (χ4v) is 6.11. The summed E-state index contributed by atoms with van der Waals surface area (Å²) in [7, 11) is 0. The number of amides is 1. The molecule has 226 valence electrons. The summed E-state index contributed by atoms with van der Waals surface area (Å²) in [5.74, 6) is 0.957. The van der Waals surface area contributed by atoms with Crippen LogP contribution >= 0.6 is 0 Å². The van der Waals surface area contributed by atoms with Crippen LogP contribution in [0.15, 0.2) is 97.2 Å². The van der Waals surface area contributed by atoms with E-state index in [1.807, 2.05) is 30.3 Å². The van der Waals surface area contributed by atoms with Gasteiger partial charge in [0.15, 0.2) is 0 Å². The number of rotatable bonds is 15. The molecular formula is C37H45N3O3. The van der Waals surface area contributed by atoms with Crippen molar-refractivity contribution in [1.82, 2.24) is 15.2 Å². The van der Waals surface area contributed by atoms with Gasteiger partial charge in [-0.25, -0.2) is 0 Å². The molecule has 1 aliphatic rings. The monoisotopic (exact) mass is 579 g/mol. The second-order valence-corrected chi connectivity index (χ2v) is 11.8. The number of pyridine rings is 1. The van der Waals surface area contributed by atoms with Gasteiger partial charge in [0.1, 0.15) is 18.5 Å². The molecule has 2 heterocycles. The highest BCUT2D eigenvalue weighted by molar-refractivity contribution is 5.84. The number of fused-ring (bicyclic) bond motifs is 1. The summed E-state index contributed by atoms with van der Waals surface area (Å²) in [6, 6.07) is 31.1. The normalized spacial score (nSPS) is 15.0. The number of ether oxygens (including phenoxy) is 1. The van der Waals surface area contributed by atoms with Gasteiger partial charge in [-0.15, -0.1) is 0 Å². The van der Waals surface area contributed by atoms with Gasteiger partial charge in [0.05, 0.1) is 5.52 Å². The molecule has 1 aromatic heterocycles. The van der Waals surface area contributed by atoms with Gasteiger partial charge in [0.25, 0.3) is 0 Å². The van der Waals surface area contributed by atoms with Crippen LogP contribution in [0.25, 0.3) is 10.9 Å². The molecule has 6 nitrogen and oxygen atoms in total. The fourth-order valence-electron chi connectivity index (χ4n) is 6.11. The van der Waals surface area contributed by atoms with E-state index in [4.69, 9.17) is 4.74 Å². The average molecular weight is 580 g/mol. The van der Waals surface area contributed by atoms with E-state index in [0.717, 1.165) is 81.1 Å². The fraction of sp³-hybridized carbons (Fsp3) is 0.405. The Kier molecular flexibility index (Phi) is 11.6. The van der Waals surface area contributed by atoms with Crippen LogP contribution in [0.3, 0.4) is 0 Å². The number of carbonyl (C=O) groups is 1. The van der Waals surface area contributed by atoms with Gasteiger partial charge in [0, 0.05) is 30.1 Å². The molecule has 1 fully saturated rings. The Morgan fingerprint density at radius 3 is 2.12 bits per heavy atom. The number of aryl methyl sites for hydroxylation is 2. The molecule has 1 aliphatic heterocycles. The van der Waals surface area contributed by atoms with Gasteiger partial charge >= 0.3 is 0 Å². The number of nitrogens with zero attached hydrogens (tertiary/aromatic N) is 2. The molecule has 0 bridgehead atoms. The van der Waals surface area contributed by atoms with E-state index in [2.05, 4.69) is 75.9 Å². The van der Waals surface area contributed by atoms with Crippen LogP contribution in [0.4, 0.5) is 0 Å². The molecule has 3 aromatic carbocycles. The molecule has 0 saturated carbocycles. The first-order valence-electron chi connectivity index (χ1n) is 15.9. The Morgan fingerprint density at radius 2 is 1.47 bits per heavy atom. The predicted molar refractivity (Wildman–Crippen MR) is 173 cm³/mol. The molecule has 0 spiro atoms. The number of aromatic nitrogens is 1. The van der Waals surface area contributed by atoms with Gasteiger partial charge in [0.2, 0.25) is 5.91 Å². The van der Waals surface area contributed by atoms with Crippen molar-refractivity contribution in [3.63, 3.8) is 0 Å². The van der Waals surface area contributed by atoms with Crippen molar-refractivity contribution in [2.75, 3.05) is 26.2 Å². The number of hydrogen-bond donors (Lipinski definition) is 2. The zero-order valence-corrected chi connectivity index (χ0v) is 25.1. The SMILES string of the molecule is O=C(NC(CCCc1ccccc1)CCCc1ccccc1)C1CCN(C[C@@H](O)COc2ccnc3ccccc23)CC1. The third kappa shape index (κ3) is 9.63. The Morgan fingerprint density at radius 1 is 0.860 bits per heavy atom. The number of carbonyl (C=O) groups excluding carboxylic acids is 1. The molecule has 0 aliphatic carbocycles. The maximum absolute atomic E-state index is 13.4. The van der Waals surface area contributed by atoms with Gasteiger partial charge < -0.3 is 20.1 Å². The molecule has 6 heteroatoms. The standard InChI is InChI=1S/C37H45N3O3/c41-33(28-43-36-21-24-38-35-20-8-7-19-34(35)36)27-40-25-22-31(23-26-40)37(42)39-32(17-9-15-29-11-3-1-4-12-29)18-10-16-30-13-5-2-6-14-30/h1-8,11-14,19-21,24,31-33,41H,9-10,15-18,22-23,25-28H2,(H,39,42)/t33-/m1/s1. The van der Waals surface area contributed by atoms with Crippen molar-refractivity contribution in [2.24, 2.45) is 5.92 Å².